The summed E-state index contributed by atoms with van der Waals surface area (Å²) < 4.78 is 5.10. The fourth-order valence-electron chi connectivity index (χ4n) is 1.78. The second-order valence-electron chi connectivity index (χ2n) is 4.16. The van der Waals surface area contributed by atoms with Crippen LogP contribution in [0.15, 0.2) is 51.9 Å². The molecule has 3 aromatic rings. The third-order valence-corrected chi connectivity index (χ3v) is 2.94. The Bertz CT molecular complexity index is 875. The number of fused-ring (bicyclic) bond motifs is 1. The number of carbonyl (C=O) groups is 1. The molecule has 0 saturated heterocycles. The van der Waals surface area contributed by atoms with Crippen LogP contribution in [0, 0.1) is 0 Å². The minimum atomic E-state index is -0.715. The maximum absolute atomic E-state index is 12.1. The molecule has 0 aliphatic rings. The number of hydrogen-bond acceptors (Lipinski definition) is 5. The lowest BCUT2D eigenvalue weighted by Gasteiger charge is -2.04. The van der Waals surface area contributed by atoms with Gasteiger partial charge in [0.25, 0.3) is 5.91 Å². The smallest absolute Gasteiger partial charge is 0.349 e. The third kappa shape index (κ3) is 2.75. The number of nitrogens with one attached hydrogen (secondary N) is 1. The van der Waals surface area contributed by atoms with E-state index in [9.17, 15) is 9.59 Å². The Labute approximate surface area is 123 Å². The van der Waals surface area contributed by atoms with Gasteiger partial charge in [-0.2, -0.15) is 0 Å². The molecule has 0 fully saturated rings. The van der Waals surface area contributed by atoms with Gasteiger partial charge in [-0.3, -0.25) is 4.79 Å². The third-order valence-electron chi connectivity index (χ3n) is 2.75. The summed E-state index contributed by atoms with van der Waals surface area (Å²) in [5, 5.41) is 3.32. The molecule has 6 nitrogen and oxygen atoms in total. The molecule has 104 valence electrons. The normalized spacial score (nSPS) is 10.5. The lowest BCUT2D eigenvalue weighted by Crippen LogP contribution is -2.21. The van der Waals surface area contributed by atoms with Gasteiger partial charge in [-0.15, -0.1) is 0 Å². The Morgan fingerprint density at radius 3 is 2.76 bits per heavy atom. The summed E-state index contributed by atoms with van der Waals surface area (Å²) in [6.07, 6.45) is 2.59. The van der Waals surface area contributed by atoms with Crippen LogP contribution in [0.5, 0.6) is 0 Å². The number of nitrogens with zero attached hydrogens (tertiary/aromatic N) is 2. The van der Waals surface area contributed by atoms with Gasteiger partial charge in [0.2, 0.25) is 0 Å². The molecule has 0 aliphatic carbocycles. The van der Waals surface area contributed by atoms with E-state index in [0.717, 1.165) is 0 Å². The predicted octanol–water partition coefficient (Wildman–Crippen LogP) is 2.49. The van der Waals surface area contributed by atoms with E-state index in [1.807, 2.05) is 0 Å². The van der Waals surface area contributed by atoms with E-state index in [4.69, 9.17) is 16.0 Å². The highest BCUT2D eigenvalue weighted by atomic mass is 35.5. The number of rotatable bonds is 2. The van der Waals surface area contributed by atoms with E-state index >= 15 is 0 Å². The molecule has 0 atom stereocenters. The molecule has 0 aliphatic heterocycles. The minimum Gasteiger partial charge on any atom is -0.422 e. The van der Waals surface area contributed by atoms with Gasteiger partial charge in [0, 0.05) is 5.39 Å². The maximum atomic E-state index is 12.1. The molecule has 7 heteroatoms. The van der Waals surface area contributed by atoms with E-state index in [0.29, 0.717) is 11.0 Å². The average Bonchev–Trinajstić information content (AvgIpc) is 2.49. The van der Waals surface area contributed by atoms with Crippen molar-refractivity contribution in [1.29, 1.82) is 0 Å². The Morgan fingerprint density at radius 2 is 2.00 bits per heavy atom. The number of anilines is 1. The van der Waals surface area contributed by atoms with Crippen LogP contribution in [-0.2, 0) is 0 Å². The topological polar surface area (TPSA) is 85.1 Å². The van der Waals surface area contributed by atoms with E-state index in [2.05, 4.69) is 15.3 Å². The first-order valence-electron chi connectivity index (χ1n) is 5.95. The molecule has 0 unspecified atom stereocenters. The van der Waals surface area contributed by atoms with Crippen molar-refractivity contribution >= 4 is 34.3 Å². The van der Waals surface area contributed by atoms with Gasteiger partial charge >= 0.3 is 5.63 Å². The molecule has 0 bridgehead atoms. The van der Waals surface area contributed by atoms with Crippen LogP contribution in [0.2, 0.25) is 5.15 Å². The molecule has 21 heavy (non-hydrogen) atoms. The Hall–Kier alpha value is -2.73. The summed E-state index contributed by atoms with van der Waals surface area (Å²) in [4.78, 5) is 31.6. The summed E-state index contributed by atoms with van der Waals surface area (Å²) in [5.74, 6) is -0.428. The molecule has 2 heterocycles. The van der Waals surface area contributed by atoms with Crippen LogP contribution in [0.25, 0.3) is 11.0 Å². The van der Waals surface area contributed by atoms with Crippen molar-refractivity contribution in [2.24, 2.45) is 0 Å². The van der Waals surface area contributed by atoms with Crippen LogP contribution in [-0.4, -0.2) is 15.9 Å². The largest absolute Gasteiger partial charge is 0.422 e. The van der Waals surface area contributed by atoms with Crippen molar-refractivity contribution in [3.8, 4) is 0 Å². The van der Waals surface area contributed by atoms with Gasteiger partial charge in [0.15, 0.2) is 5.82 Å². The highest BCUT2D eigenvalue weighted by molar-refractivity contribution is 6.29. The first kappa shape index (κ1) is 13.3. The van der Waals surface area contributed by atoms with Crippen LogP contribution in [0.1, 0.15) is 10.4 Å². The van der Waals surface area contributed by atoms with Crippen molar-refractivity contribution in [3.63, 3.8) is 0 Å². The molecular formula is C14H8ClN3O3. The molecule has 0 saturated carbocycles. The fraction of sp³-hybridized carbons (Fsp3) is 0. The number of benzene rings is 1. The minimum absolute atomic E-state index is 0.106. The van der Waals surface area contributed by atoms with E-state index < -0.39 is 11.5 Å². The van der Waals surface area contributed by atoms with Crippen molar-refractivity contribution in [2.45, 2.75) is 0 Å². The first-order chi connectivity index (χ1) is 10.1. The van der Waals surface area contributed by atoms with Crippen LogP contribution in [0.3, 0.4) is 0 Å². The predicted molar refractivity (Wildman–Crippen MR) is 77.5 cm³/mol. The average molecular weight is 302 g/mol. The van der Waals surface area contributed by atoms with E-state index in [-0.39, 0.29) is 16.5 Å². The number of hydrogen-bond donors (Lipinski definition) is 1. The molecular weight excluding hydrogens is 294 g/mol. The standard InChI is InChI=1S/C14H8ClN3O3/c15-11-6-17-12(7-16-11)18-13(19)9-5-8-3-1-2-4-10(8)21-14(9)20/h1-7H,(H,17,18,19). The highest BCUT2D eigenvalue weighted by Gasteiger charge is 2.14. The molecule has 3 rings (SSSR count). The first-order valence-corrected chi connectivity index (χ1v) is 6.33. The number of halogens is 1. The highest BCUT2D eigenvalue weighted by Crippen LogP contribution is 2.13. The molecule has 1 amide bonds. The zero-order valence-electron chi connectivity index (χ0n) is 10.5. The molecule has 2 aromatic heterocycles. The van der Waals surface area contributed by atoms with Crippen molar-refractivity contribution in [2.75, 3.05) is 5.32 Å². The van der Waals surface area contributed by atoms with Gasteiger partial charge < -0.3 is 9.73 Å². The Kier molecular flexibility index (Phi) is 3.37. The van der Waals surface area contributed by atoms with Crippen molar-refractivity contribution in [1.82, 2.24) is 9.97 Å². The van der Waals surface area contributed by atoms with Gasteiger partial charge in [-0.25, -0.2) is 14.8 Å². The van der Waals surface area contributed by atoms with Gasteiger partial charge in [-0.1, -0.05) is 29.8 Å². The summed E-state index contributed by atoms with van der Waals surface area (Å²) in [6.45, 7) is 0. The summed E-state index contributed by atoms with van der Waals surface area (Å²) in [5.41, 5.74) is -0.399. The van der Waals surface area contributed by atoms with Crippen molar-refractivity contribution in [3.05, 3.63) is 63.9 Å². The molecule has 0 spiro atoms. The SMILES string of the molecule is O=C(Nc1cnc(Cl)cn1)c1cc2ccccc2oc1=O. The zero-order valence-corrected chi connectivity index (χ0v) is 11.3. The summed E-state index contributed by atoms with van der Waals surface area (Å²) >= 11 is 5.60. The second kappa shape index (κ2) is 5.34. The van der Waals surface area contributed by atoms with E-state index in [1.165, 1.54) is 18.5 Å². The van der Waals surface area contributed by atoms with Gasteiger partial charge in [0.1, 0.15) is 16.3 Å². The lowest BCUT2D eigenvalue weighted by molar-refractivity contribution is 0.102. The fourth-order valence-corrected chi connectivity index (χ4v) is 1.88. The van der Waals surface area contributed by atoms with Gasteiger partial charge in [-0.05, 0) is 12.1 Å². The van der Waals surface area contributed by atoms with E-state index in [1.54, 1.807) is 24.3 Å². The molecule has 0 radical (unpaired) electrons. The van der Waals surface area contributed by atoms with Crippen LogP contribution >= 0.6 is 11.6 Å². The lowest BCUT2D eigenvalue weighted by atomic mass is 10.2. The monoisotopic (exact) mass is 301 g/mol. The Morgan fingerprint density at radius 1 is 1.19 bits per heavy atom. The summed E-state index contributed by atoms with van der Waals surface area (Å²) in [6, 6.07) is 8.41. The molecule has 1 aromatic carbocycles. The number of para-hydroxylation sites is 1. The number of carbonyl (C=O) groups excluding carboxylic acids is 1. The van der Waals surface area contributed by atoms with Crippen molar-refractivity contribution < 1.29 is 9.21 Å². The van der Waals surface area contributed by atoms with Gasteiger partial charge in [0.05, 0.1) is 12.4 Å². The molecule has 1 N–H and O–H groups in total. The van der Waals surface area contributed by atoms with Crippen LogP contribution < -0.4 is 10.9 Å². The number of aromatic nitrogens is 2. The number of amides is 1. The second-order valence-corrected chi connectivity index (χ2v) is 4.55. The Balaban J connectivity index is 1.95. The van der Waals surface area contributed by atoms with Crippen LogP contribution in [0.4, 0.5) is 5.82 Å². The quantitative estimate of drug-likeness (QED) is 0.735. The zero-order chi connectivity index (χ0) is 14.8. The summed E-state index contributed by atoms with van der Waals surface area (Å²) in [7, 11) is 0. The maximum Gasteiger partial charge on any atom is 0.349 e.